The molecule has 2 aromatic heterocycles. The van der Waals surface area contributed by atoms with Gasteiger partial charge in [-0.25, -0.2) is 0 Å². The van der Waals surface area contributed by atoms with Crippen LogP contribution < -0.4 is 0 Å². The highest BCUT2D eigenvalue weighted by molar-refractivity contribution is 9.10. The lowest BCUT2D eigenvalue weighted by Crippen LogP contribution is -2.36. The Kier molecular flexibility index (Phi) is 5.52. The summed E-state index contributed by atoms with van der Waals surface area (Å²) >= 11 is 3.26. The molecule has 0 saturated heterocycles. The Morgan fingerprint density at radius 2 is 2.14 bits per heavy atom. The van der Waals surface area contributed by atoms with Gasteiger partial charge in [0.2, 0.25) is 0 Å². The minimum absolute atomic E-state index is 0.0543. The molecule has 21 heavy (non-hydrogen) atoms. The standard InChI is InChI=1S/C15H18BrN3O2/c1-18(2)7-8-19(11-12-4-3-6-17-10-12)15(20)13-5-9-21-14(13)16/h3-6,9-10H,7-8,11H2,1-2H3. The Hall–Kier alpha value is -1.66. The first-order chi connectivity index (χ1) is 10.1. The number of aromatic nitrogens is 1. The highest BCUT2D eigenvalue weighted by Crippen LogP contribution is 2.20. The van der Waals surface area contributed by atoms with Crippen LogP contribution in [0, 0.1) is 0 Å². The number of rotatable bonds is 6. The van der Waals surface area contributed by atoms with E-state index in [1.165, 1.54) is 6.26 Å². The lowest BCUT2D eigenvalue weighted by atomic mass is 10.2. The predicted molar refractivity (Wildman–Crippen MR) is 83.9 cm³/mol. The van der Waals surface area contributed by atoms with Gasteiger partial charge in [-0.3, -0.25) is 9.78 Å². The zero-order valence-corrected chi connectivity index (χ0v) is 13.7. The Morgan fingerprint density at radius 1 is 1.33 bits per heavy atom. The van der Waals surface area contributed by atoms with Crippen LogP contribution in [0.25, 0.3) is 0 Å². The molecule has 112 valence electrons. The highest BCUT2D eigenvalue weighted by atomic mass is 79.9. The van der Waals surface area contributed by atoms with Gasteiger partial charge in [-0.15, -0.1) is 0 Å². The van der Waals surface area contributed by atoms with Crippen molar-refractivity contribution in [2.45, 2.75) is 6.54 Å². The Balaban J connectivity index is 2.15. The van der Waals surface area contributed by atoms with Crippen molar-refractivity contribution in [3.8, 4) is 0 Å². The van der Waals surface area contributed by atoms with Crippen molar-refractivity contribution in [2.75, 3.05) is 27.2 Å². The SMILES string of the molecule is CN(C)CCN(Cc1cccnc1)C(=O)c1ccoc1Br. The van der Waals surface area contributed by atoms with Gasteiger partial charge in [-0.05, 0) is 47.7 Å². The van der Waals surface area contributed by atoms with E-state index in [-0.39, 0.29) is 5.91 Å². The van der Waals surface area contributed by atoms with E-state index in [1.54, 1.807) is 23.4 Å². The van der Waals surface area contributed by atoms with Crippen LogP contribution in [-0.4, -0.2) is 47.9 Å². The van der Waals surface area contributed by atoms with Gasteiger partial charge in [-0.1, -0.05) is 6.07 Å². The van der Waals surface area contributed by atoms with Gasteiger partial charge in [-0.2, -0.15) is 0 Å². The zero-order chi connectivity index (χ0) is 15.2. The Labute approximate surface area is 132 Å². The number of carbonyl (C=O) groups is 1. The summed E-state index contributed by atoms with van der Waals surface area (Å²) in [6.45, 7) is 1.96. The van der Waals surface area contributed by atoms with Crippen LogP contribution in [0.4, 0.5) is 0 Å². The van der Waals surface area contributed by atoms with Crippen molar-refractivity contribution >= 4 is 21.8 Å². The second-order valence-corrected chi connectivity index (χ2v) is 5.72. The van der Waals surface area contributed by atoms with Gasteiger partial charge in [0.15, 0.2) is 4.67 Å². The molecule has 0 N–H and O–H groups in total. The van der Waals surface area contributed by atoms with Crippen LogP contribution in [0.3, 0.4) is 0 Å². The summed E-state index contributed by atoms with van der Waals surface area (Å²) < 4.78 is 5.62. The molecule has 1 amide bonds. The number of likely N-dealkylation sites (N-methyl/N-ethyl adjacent to an activating group) is 1. The van der Waals surface area contributed by atoms with Crippen molar-refractivity contribution in [3.63, 3.8) is 0 Å². The third-order valence-electron chi connectivity index (χ3n) is 3.05. The van der Waals surface area contributed by atoms with Crippen LogP contribution in [0.2, 0.25) is 0 Å². The second-order valence-electron chi connectivity index (χ2n) is 5.00. The molecule has 0 saturated carbocycles. The van der Waals surface area contributed by atoms with Gasteiger partial charge in [0.1, 0.15) is 0 Å². The minimum atomic E-state index is -0.0543. The van der Waals surface area contributed by atoms with E-state index in [9.17, 15) is 4.79 Å². The monoisotopic (exact) mass is 351 g/mol. The van der Waals surface area contributed by atoms with Crippen LogP contribution in [0.15, 0.2) is 45.9 Å². The molecule has 2 rings (SSSR count). The summed E-state index contributed by atoms with van der Waals surface area (Å²) in [6.07, 6.45) is 5.01. The molecular weight excluding hydrogens is 334 g/mol. The van der Waals surface area contributed by atoms with E-state index in [0.717, 1.165) is 12.1 Å². The van der Waals surface area contributed by atoms with Crippen molar-refractivity contribution in [1.29, 1.82) is 0 Å². The summed E-state index contributed by atoms with van der Waals surface area (Å²) in [5, 5.41) is 0. The van der Waals surface area contributed by atoms with E-state index < -0.39 is 0 Å². The number of halogens is 1. The number of nitrogens with zero attached hydrogens (tertiary/aromatic N) is 3. The first kappa shape index (κ1) is 15.7. The molecular formula is C15H18BrN3O2. The minimum Gasteiger partial charge on any atom is -0.457 e. The maximum Gasteiger partial charge on any atom is 0.258 e. The fourth-order valence-electron chi connectivity index (χ4n) is 1.90. The number of carbonyl (C=O) groups excluding carboxylic acids is 1. The van der Waals surface area contributed by atoms with E-state index in [4.69, 9.17) is 4.42 Å². The van der Waals surface area contributed by atoms with Crippen LogP contribution in [0.1, 0.15) is 15.9 Å². The normalized spacial score (nSPS) is 10.9. The lowest BCUT2D eigenvalue weighted by molar-refractivity contribution is 0.0730. The highest BCUT2D eigenvalue weighted by Gasteiger charge is 2.20. The number of pyridine rings is 1. The van der Waals surface area contributed by atoms with Crippen LogP contribution in [0.5, 0.6) is 0 Å². The number of furan rings is 1. The summed E-state index contributed by atoms with van der Waals surface area (Å²) in [4.78, 5) is 20.6. The maximum atomic E-state index is 12.6. The lowest BCUT2D eigenvalue weighted by Gasteiger charge is -2.24. The summed E-state index contributed by atoms with van der Waals surface area (Å²) in [6, 6.07) is 5.52. The molecule has 0 aliphatic heterocycles. The molecule has 0 unspecified atom stereocenters. The van der Waals surface area contributed by atoms with Crippen molar-refractivity contribution < 1.29 is 9.21 Å². The maximum absolute atomic E-state index is 12.6. The molecule has 0 aliphatic rings. The molecule has 0 aliphatic carbocycles. The molecule has 2 aromatic rings. The van der Waals surface area contributed by atoms with Crippen molar-refractivity contribution in [2.24, 2.45) is 0 Å². The fraction of sp³-hybridized carbons (Fsp3) is 0.333. The van der Waals surface area contributed by atoms with Crippen LogP contribution >= 0.6 is 15.9 Å². The first-order valence-electron chi connectivity index (χ1n) is 6.64. The number of hydrogen-bond donors (Lipinski definition) is 0. The molecule has 2 heterocycles. The Bertz CT molecular complexity index is 584. The summed E-state index contributed by atoms with van der Waals surface area (Å²) in [7, 11) is 3.97. The molecule has 0 radical (unpaired) electrons. The van der Waals surface area contributed by atoms with E-state index in [2.05, 4.69) is 20.9 Å². The number of hydrogen-bond acceptors (Lipinski definition) is 4. The van der Waals surface area contributed by atoms with Gasteiger partial charge < -0.3 is 14.2 Å². The number of amides is 1. The van der Waals surface area contributed by atoms with E-state index >= 15 is 0 Å². The molecule has 0 spiro atoms. The van der Waals surface area contributed by atoms with Crippen LogP contribution in [-0.2, 0) is 6.54 Å². The van der Waals surface area contributed by atoms with Crippen molar-refractivity contribution in [1.82, 2.24) is 14.8 Å². The quantitative estimate of drug-likeness (QED) is 0.802. The third kappa shape index (κ3) is 4.41. The third-order valence-corrected chi connectivity index (χ3v) is 3.66. The molecule has 0 atom stereocenters. The van der Waals surface area contributed by atoms with Gasteiger partial charge in [0.05, 0.1) is 11.8 Å². The average molecular weight is 352 g/mol. The second kappa shape index (κ2) is 7.38. The fourth-order valence-corrected chi connectivity index (χ4v) is 2.31. The predicted octanol–water partition coefficient (Wildman–Crippen LogP) is 2.64. The van der Waals surface area contributed by atoms with Gasteiger partial charge in [0, 0.05) is 32.0 Å². The molecule has 6 heteroatoms. The molecule has 0 bridgehead atoms. The summed E-state index contributed by atoms with van der Waals surface area (Å²) in [5.74, 6) is -0.0543. The van der Waals surface area contributed by atoms with E-state index in [1.807, 2.05) is 31.1 Å². The van der Waals surface area contributed by atoms with Crippen molar-refractivity contribution in [3.05, 3.63) is 52.7 Å². The largest absolute Gasteiger partial charge is 0.457 e. The first-order valence-corrected chi connectivity index (χ1v) is 7.43. The molecule has 0 aromatic carbocycles. The molecule has 0 fully saturated rings. The Morgan fingerprint density at radius 3 is 2.71 bits per heavy atom. The average Bonchev–Trinajstić information content (AvgIpc) is 2.90. The smallest absolute Gasteiger partial charge is 0.258 e. The topological polar surface area (TPSA) is 49.6 Å². The summed E-state index contributed by atoms with van der Waals surface area (Å²) in [5.41, 5.74) is 1.54. The molecule has 5 nitrogen and oxygen atoms in total. The zero-order valence-electron chi connectivity index (χ0n) is 12.1. The van der Waals surface area contributed by atoms with Gasteiger partial charge >= 0.3 is 0 Å². The van der Waals surface area contributed by atoms with Gasteiger partial charge in [0.25, 0.3) is 5.91 Å². The van der Waals surface area contributed by atoms with E-state index in [0.29, 0.717) is 23.3 Å².